The largest absolute Gasteiger partial charge is 1.00 e. The van der Waals surface area contributed by atoms with Gasteiger partial charge in [0.25, 0.3) is 0 Å². The van der Waals surface area contributed by atoms with E-state index in [0.29, 0.717) is 0 Å². The van der Waals surface area contributed by atoms with Gasteiger partial charge in [-0.2, -0.15) is 0 Å². The van der Waals surface area contributed by atoms with Gasteiger partial charge in [0, 0.05) is 6.42 Å². The fourth-order valence-corrected chi connectivity index (χ4v) is 0.543. The van der Waals surface area contributed by atoms with Gasteiger partial charge in [-0.15, -0.1) is 0 Å². The van der Waals surface area contributed by atoms with Crippen LogP contribution in [0.1, 0.15) is 13.3 Å². The Labute approximate surface area is 166 Å². The first-order valence-electron chi connectivity index (χ1n) is 3.10. The van der Waals surface area contributed by atoms with Crippen molar-refractivity contribution in [3.8, 4) is 0 Å². The molecule has 0 saturated heterocycles. The predicted octanol–water partition coefficient (Wildman–Crippen LogP) is -10.0. The predicted molar refractivity (Wildman–Crippen MR) is 31.3 cm³/mol. The number of carbonyl (C=O) groups excluding carboxylic acids is 2. The van der Waals surface area contributed by atoms with Crippen molar-refractivity contribution in [2.45, 2.75) is 25.0 Å². The Morgan fingerprint density at radius 2 is 1.71 bits per heavy atom. The molecule has 70 valence electrons. The van der Waals surface area contributed by atoms with E-state index >= 15 is 0 Å². The first kappa shape index (κ1) is 21.4. The average molecular weight is 254 g/mol. The second-order valence-electron chi connectivity index (χ2n) is 2.60. The summed E-state index contributed by atoms with van der Waals surface area (Å²) in [5.41, 5.74) is -2.36. The molecule has 0 heterocycles. The van der Waals surface area contributed by atoms with Crippen LogP contribution in [-0.2, 0) is 9.59 Å². The Morgan fingerprint density at radius 1 is 1.36 bits per heavy atom. The normalized spacial score (nSPS) is 15.4. The maximum absolute atomic E-state index is 10.1. The number of aliphatic hydroxyl groups is 2. The minimum absolute atomic E-state index is 0. The second kappa shape index (κ2) is 9.19. The van der Waals surface area contributed by atoms with E-state index in [1.807, 2.05) is 0 Å². The Kier molecular flexibility index (Phi) is 14.1. The zero-order valence-electron chi connectivity index (χ0n) is 8.31. The minimum atomic E-state index is -2.36. The van der Waals surface area contributed by atoms with Crippen LogP contribution in [0.5, 0.6) is 0 Å². The summed E-state index contributed by atoms with van der Waals surface area (Å²) in [6.07, 6.45) is -2.88. The maximum Gasteiger partial charge on any atom is 1.00 e. The summed E-state index contributed by atoms with van der Waals surface area (Å²) < 4.78 is 0. The Balaban J connectivity index is -0.000000605. The summed E-state index contributed by atoms with van der Waals surface area (Å²) >= 11 is 0. The van der Waals surface area contributed by atoms with E-state index in [1.54, 1.807) is 0 Å². The molecule has 0 aromatic rings. The van der Waals surface area contributed by atoms with Crippen LogP contribution < -0.4 is 113 Å². The number of hydrogen-bond acceptors (Lipinski definition) is 6. The van der Waals surface area contributed by atoms with Crippen LogP contribution in [0.2, 0.25) is 0 Å². The van der Waals surface area contributed by atoms with E-state index in [9.17, 15) is 19.8 Å². The van der Waals surface area contributed by atoms with Gasteiger partial charge < -0.3 is 30.0 Å². The summed E-state index contributed by atoms with van der Waals surface area (Å²) in [4.78, 5) is 20.0. The Bertz CT molecular complexity index is 204. The number of carboxylic acid groups (broad SMARTS) is 2. The van der Waals surface area contributed by atoms with Gasteiger partial charge in [0.15, 0.2) is 0 Å². The Hall–Kier alpha value is 2.13. The van der Waals surface area contributed by atoms with Gasteiger partial charge in [0.2, 0.25) is 0 Å². The molecule has 0 rings (SSSR count). The average Bonchev–Trinajstić information content (AvgIpc) is 1.85. The molecular formula is C6H8K2O6. The molecular weight excluding hydrogens is 246 g/mol. The topological polar surface area (TPSA) is 121 Å². The van der Waals surface area contributed by atoms with E-state index in [-0.39, 0.29) is 103 Å². The van der Waals surface area contributed by atoms with Crippen molar-refractivity contribution in [1.29, 1.82) is 0 Å². The van der Waals surface area contributed by atoms with Crippen molar-refractivity contribution in [2.75, 3.05) is 0 Å². The van der Waals surface area contributed by atoms with Crippen molar-refractivity contribution >= 4 is 11.9 Å². The number of carbonyl (C=O) groups is 2. The number of rotatable bonds is 4. The van der Waals surface area contributed by atoms with Crippen molar-refractivity contribution in [1.82, 2.24) is 0 Å². The maximum atomic E-state index is 10.1. The molecule has 8 heteroatoms. The van der Waals surface area contributed by atoms with Crippen LogP contribution in [-0.4, -0.2) is 33.9 Å². The van der Waals surface area contributed by atoms with Gasteiger partial charge in [0.05, 0.1) is 18.0 Å². The van der Waals surface area contributed by atoms with Crippen LogP contribution >= 0.6 is 0 Å². The molecule has 0 bridgehead atoms. The molecule has 0 aliphatic rings. The molecule has 2 unspecified atom stereocenters. The number of aliphatic hydroxyl groups excluding tert-OH is 1. The molecule has 0 fully saturated rings. The molecule has 0 amide bonds. The van der Waals surface area contributed by atoms with E-state index in [4.69, 9.17) is 10.2 Å². The first-order valence-corrected chi connectivity index (χ1v) is 3.10. The van der Waals surface area contributed by atoms with Gasteiger partial charge in [-0.3, -0.25) is 0 Å². The number of hydrogen-bond donors (Lipinski definition) is 2. The fourth-order valence-electron chi connectivity index (χ4n) is 0.543. The first-order chi connectivity index (χ1) is 5.27. The summed E-state index contributed by atoms with van der Waals surface area (Å²) in [6.45, 7) is 0.828. The molecule has 0 aliphatic carbocycles. The molecule has 0 saturated carbocycles. The van der Waals surface area contributed by atoms with Gasteiger partial charge in [-0.25, -0.2) is 0 Å². The smallest absolute Gasteiger partial charge is 0.547 e. The molecule has 2 atom stereocenters. The van der Waals surface area contributed by atoms with Crippen LogP contribution in [0.4, 0.5) is 0 Å². The van der Waals surface area contributed by atoms with Gasteiger partial charge in [-0.1, -0.05) is 0 Å². The van der Waals surface area contributed by atoms with Crippen LogP contribution in [0.25, 0.3) is 0 Å². The van der Waals surface area contributed by atoms with E-state index in [0.717, 1.165) is 6.92 Å². The monoisotopic (exact) mass is 254 g/mol. The zero-order chi connectivity index (χ0) is 9.94. The standard InChI is InChI=1S/C6H10O6.2K/c1-6(12,5(10)11)2-3(7)4(8)9;;/h3,7,12H,2H2,1H3,(H,8,9)(H,10,11);;/q;2*+1/p-2. The third kappa shape index (κ3) is 8.30. The van der Waals surface area contributed by atoms with Crippen molar-refractivity contribution in [2.24, 2.45) is 0 Å². The van der Waals surface area contributed by atoms with Crippen molar-refractivity contribution in [3.63, 3.8) is 0 Å². The molecule has 6 nitrogen and oxygen atoms in total. The third-order valence-corrected chi connectivity index (χ3v) is 1.30. The summed E-state index contributed by atoms with van der Waals surface area (Å²) in [7, 11) is 0. The summed E-state index contributed by atoms with van der Waals surface area (Å²) in [5, 5.41) is 37.5. The Morgan fingerprint density at radius 3 is 1.93 bits per heavy atom. The summed E-state index contributed by atoms with van der Waals surface area (Å²) in [5.74, 6) is -3.68. The SMILES string of the molecule is CC(O)(CC(O)C(=O)[O-])C(=O)[O-].[K+].[K+]. The van der Waals surface area contributed by atoms with Gasteiger partial charge in [0.1, 0.15) is 5.60 Å². The van der Waals surface area contributed by atoms with Gasteiger partial charge >= 0.3 is 103 Å². The van der Waals surface area contributed by atoms with Gasteiger partial charge in [-0.05, 0) is 6.92 Å². The number of aliphatic carboxylic acids is 2. The number of carboxylic acids is 2. The zero-order valence-corrected chi connectivity index (χ0v) is 14.6. The van der Waals surface area contributed by atoms with Crippen LogP contribution in [0, 0.1) is 0 Å². The molecule has 0 aromatic heterocycles. The molecule has 0 aromatic carbocycles. The van der Waals surface area contributed by atoms with Crippen molar-refractivity contribution in [3.05, 3.63) is 0 Å². The third-order valence-electron chi connectivity index (χ3n) is 1.30. The van der Waals surface area contributed by atoms with E-state index in [2.05, 4.69) is 0 Å². The van der Waals surface area contributed by atoms with E-state index in [1.165, 1.54) is 0 Å². The van der Waals surface area contributed by atoms with E-state index < -0.39 is 30.1 Å². The molecule has 0 aliphatic heterocycles. The molecule has 0 radical (unpaired) electrons. The molecule has 14 heavy (non-hydrogen) atoms. The molecule has 2 N–H and O–H groups in total. The summed E-state index contributed by atoms with van der Waals surface area (Å²) in [6, 6.07) is 0. The molecule has 0 spiro atoms. The quantitative estimate of drug-likeness (QED) is 0.481. The fraction of sp³-hybridized carbons (Fsp3) is 0.667. The van der Waals surface area contributed by atoms with Crippen LogP contribution in [0.3, 0.4) is 0 Å². The minimum Gasteiger partial charge on any atom is -0.547 e. The van der Waals surface area contributed by atoms with Crippen molar-refractivity contribution < 1.29 is 133 Å². The van der Waals surface area contributed by atoms with Crippen LogP contribution in [0.15, 0.2) is 0 Å². The second-order valence-corrected chi connectivity index (χ2v) is 2.60.